The van der Waals surface area contributed by atoms with E-state index in [9.17, 15) is 9.59 Å². The van der Waals surface area contributed by atoms with Gasteiger partial charge in [-0.15, -0.1) is 0 Å². The molecule has 0 aromatic rings. The summed E-state index contributed by atoms with van der Waals surface area (Å²) in [6, 6.07) is 0. The fourth-order valence-electron chi connectivity index (χ4n) is 4.20. The number of fused-ring (bicyclic) bond motifs is 3. The second-order valence-corrected chi connectivity index (χ2v) is 10.1. The second-order valence-electron chi connectivity index (χ2n) is 10.1. The number of hydrogen-bond acceptors (Lipinski definition) is 7. The zero-order chi connectivity index (χ0) is 20.4. The van der Waals surface area contributed by atoms with Gasteiger partial charge in [0, 0.05) is 0 Å². The highest BCUT2D eigenvalue weighted by Crippen LogP contribution is 2.45. The molecule has 3 fully saturated rings. The van der Waals surface area contributed by atoms with Gasteiger partial charge in [-0.25, -0.2) is 4.79 Å². The van der Waals surface area contributed by atoms with Crippen molar-refractivity contribution in [1.29, 1.82) is 0 Å². The third kappa shape index (κ3) is 3.74. The predicted octanol–water partition coefficient (Wildman–Crippen LogP) is 2.80. The van der Waals surface area contributed by atoms with Gasteiger partial charge in [0.15, 0.2) is 24.3 Å². The first kappa shape index (κ1) is 20.6. The maximum Gasteiger partial charge on any atom is 0.350 e. The Morgan fingerprint density at radius 1 is 1.11 bits per heavy atom. The van der Waals surface area contributed by atoms with Crippen LogP contribution < -0.4 is 0 Å². The molecule has 3 aliphatic heterocycles. The topological polar surface area (TPSA) is 80.3 Å². The van der Waals surface area contributed by atoms with Crippen LogP contribution in [0.4, 0.5) is 0 Å². The van der Waals surface area contributed by atoms with Crippen molar-refractivity contribution in [3.05, 3.63) is 0 Å². The largest absolute Gasteiger partial charge is 0.454 e. The van der Waals surface area contributed by atoms with Crippen molar-refractivity contribution in [1.82, 2.24) is 0 Å². The average Bonchev–Trinajstić information content (AvgIpc) is 3.05. The SMILES string of the molecule is CC(C)C(C)(CC(C)(C)C)C(=O)OC1C(=O)OC2C3OC(C)(C)OC3OC12. The van der Waals surface area contributed by atoms with E-state index in [0.29, 0.717) is 6.42 Å². The second kappa shape index (κ2) is 6.42. The zero-order valence-electron chi connectivity index (χ0n) is 17.5. The summed E-state index contributed by atoms with van der Waals surface area (Å²) in [7, 11) is 0. The van der Waals surface area contributed by atoms with Crippen molar-refractivity contribution in [2.24, 2.45) is 16.7 Å². The normalized spacial score (nSPS) is 36.9. The zero-order valence-corrected chi connectivity index (χ0v) is 17.5. The summed E-state index contributed by atoms with van der Waals surface area (Å²) >= 11 is 0. The molecule has 6 unspecified atom stereocenters. The summed E-state index contributed by atoms with van der Waals surface area (Å²) in [5.74, 6) is -1.75. The average molecular weight is 384 g/mol. The number of ether oxygens (including phenoxy) is 5. The Morgan fingerprint density at radius 3 is 2.30 bits per heavy atom. The van der Waals surface area contributed by atoms with Crippen LogP contribution >= 0.6 is 0 Å². The lowest BCUT2D eigenvalue weighted by Crippen LogP contribution is -2.44. The first-order valence-electron chi connectivity index (χ1n) is 9.66. The summed E-state index contributed by atoms with van der Waals surface area (Å²) in [4.78, 5) is 25.5. The highest BCUT2D eigenvalue weighted by Gasteiger charge is 2.64. The Kier molecular flexibility index (Phi) is 4.89. The number of esters is 2. The maximum absolute atomic E-state index is 13.1. The summed E-state index contributed by atoms with van der Waals surface area (Å²) in [5.41, 5.74) is -0.787. The van der Waals surface area contributed by atoms with Crippen LogP contribution in [0.1, 0.15) is 61.8 Å². The first-order chi connectivity index (χ1) is 12.2. The van der Waals surface area contributed by atoms with Crippen molar-refractivity contribution in [3.63, 3.8) is 0 Å². The molecule has 3 aliphatic rings. The predicted molar refractivity (Wildman–Crippen MR) is 95.5 cm³/mol. The van der Waals surface area contributed by atoms with Gasteiger partial charge in [0.05, 0.1) is 5.41 Å². The fourth-order valence-corrected chi connectivity index (χ4v) is 4.20. The number of carbonyl (C=O) groups is 2. The van der Waals surface area contributed by atoms with Crippen molar-refractivity contribution in [2.45, 2.75) is 98.3 Å². The molecule has 0 bridgehead atoms. The van der Waals surface area contributed by atoms with E-state index in [1.165, 1.54) is 0 Å². The molecule has 6 atom stereocenters. The highest BCUT2D eigenvalue weighted by atomic mass is 16.8. The Balaban J connectivity index is 1.74. The van der Waals surface area contributed by atoms with E-state index in [0.717, 1.165) is 0 Å². The van der Waals surface area contributed by atoms with Crippen LogP contribution in [0.3, 0.4) is 0 Å². The molecule has 0 N–H and O–H groups in total. The van der Waals surface area contributed by atoms with Gasteiger partial charge < -0.3 is 23.7 Å². The molecule has 0 aromatic carbocycles. The van der Waals surface area contributed by atoms with Gasteiger partial charge in [0.25, 0.3) is 0 Å². The van der Waals surface area contributed by atoms with Crippen LogP contribution in [0, 0.1) is 16.7 Å². The minimum absolute atomic E-state index is 0.0498. The molecule has 7 nitrogen and oxygen atoms in total. The van der Waals surface area contributed by atoms with Gasteiger partial charge in [0.1, 0.15) is 6.10 Å². The van der Waals surface area contributed by atoms with Crippen LogP contribution in [0.15, 0.2) is 0 Å². The van der Waals surface area contributed by atoms with Crippen LogP contribution in [-0.4, -0.2) is 48.4 Å². The van der Waals surface area contributed by atoms with Gasteiger partial charge in [-0.05, 0) is 38.5 Å². The van der Waals surface area contributed by atoms with Gasteiger partial charge >= 0.3 is 11.9 Å². The van der Waals surface area contributed by atoms with Crippen LogP contribution in [0.25, 0.3) is 0 Å². The fraction of sp³-hybridized carbons (Fsp3) is 0.900. The van der Waals surface area contributed by atoms with E-state index in [-0.39, 0.29) is 11.3 Å². The maximum atomic E-state index is 13.1. The molecular weight excluding hydrogens is 352 g/mol. The van der Waals surface area contributed by atoms with Gasteiger partial charge in [-0.3, -0.25) is 4.79 Å². The molecule has 27 heavy (non-hydrogen) atoms. The van der Waals surface area contributed by atoms with Crippen molar-refractivity contribution >= 4 is 11.9 Å². The molecule has 0 saturated carbocycles. The molecular formula is C20H32O7. The number of carbonyl (C=O) groups excluding carboxylic acids is 2. The van der Waals surface area contributed by atoms with Crippen LogP contribution in [-0.2, 0) is 33.3 Å². The lowest BCUT2D eigenvalue weighted by atomic mass is 9.69. The van der Waals surface area contributed by atoms with E-state index in [2.05, 4.69) is 20.8 Å². The van der Waals surface area contributed by atoms with Crippen molar-refractivity contribution < 1.29 is 33.3 Å². The molecule has 0 amide bonds. The number of hydrogen-bond donors (Lipinski definition) is 0. The summed E-state index contributed by atoms with van der Waals surface area (Å²) in [6.45, 7) is 15.7. The van der Waals surface area contributed by atoms with E-state index < -0.39 is 53.8 Å². The minimum atomic E-state index is -1.10. The van der Waals surface area contributed by atoms with Crippen LogP contribution in [0.2, 0.25) is 0 Å². The lowest BCUT2D eigenvalue weighted by Gasteiger charge is -2.37. The minimum Gasteiger partial charge on any atom is -0.454 e. The third-order valence-electron chi connectivity index (χ3n) is 5.68. The number of rotatable bonds is 4. The van der Waals surface area contributed by atoms with E-state index >= 15 is 0 Å². The van der Waals surface area contributed by atoms with Gasteiger partial charge in [-0.1, -0.05) is 34.6 Å². The molecule has 0 radical (unpaired) electrons. The lowest BCUT2D eigenvalue weighted by molar-refractivity contribution is -0.218. The van der Waals surface area contributed by atoms with E-state index in [1.807, 2.05) is 20.8 Å². The molecule has 0 aromatic heterocycles. The quantitative estimate of drug-likeness (QED) is 0.690. The summed E-state index contributed by atoms with van der Waals surface area (Å²) < 4.78 is 28.4. The first-order valence-corrected chi connectivity index (χ1v) is 9.66. The van der Waals surface area contributed by atoms with E-state index in [1.54, 1.807) is 13.8 Å². The molecule has 0 spiro atoms. The van der Waals surface area contributed by atoms with Crippen LogP contribution in [0.5, 0.6) is 0 Å². The molecule has 3 saturated heterocycles. The summed E-state index contributed by atoms with van der Waals surface area (Å²) in [5, 5.41) is 0. The Labute approximate surface area is 161 Å². The molecule has 0 aliphatic carbocycles. The van der Waals surface area contributed by atoms with Gasteiger partial charge in [0.2, 0.25) is 6.10 Å². The smallest absolute Gasteiger partial charge is 0.350 e. The van der Waals surface area contributed by atoms with Gasteiger partial charge in [-0.2, -0.15) is 0 Å². The molecule has 7 heteroatoms. The molecule has 3 rings (SSSR count). The Bertz CT molecular complexity index is 620. The van der Waals surface area contributed by atoms with Crippen molar-refractivity contribution in [2.75, 3.05) is 0 Å². The molecule has 3 heterocycles. The summed E-state index contributed by atoms with van der Waals surface area (Å²) in [6.07, 6.45) is -2.94. The van der Waals surface area contributed by atoms with E-state index in [4.69, 9.17) is 23.7 Å². The Morgan fingerprint density at radius 2 is 1.74 bits per heavy atom. The standard InChI is InChI=1S/C20H32O7/c1-10(2)20(8,9-18(3,4)5)17(22)25-13-11-12(23-15(13)21)14-16(24-11)27-19(6,7)26-14/h10-14,16H,9H2,1-8H3. The molecule has 154 valence electrons. The monoisotopic (exact) mass is 384 g/mol. The van der Waals surface area contributed by atoms with Crippen molar-refractivity contribution in [3.8, 4) is 0 Å². The highest BCUT2D eigenvalue weighted by molar-refractivity contribution is 5.84. The Hall–Kier alpha value is -1.18. The third-order valence-corrected chi connectivity index (χ3v) is 5.68.